The highest BCUT2D eigenvalue weighted by Gasteiger charge is 2.26. The van der Waals surface area contributed by atoms with Gasteiger partial charge in [-0.2, -0.15) is 13.1 Å². The van der Waals surface area contributed by atoms with E-state index < -0.39 is 15.9 Å². The Kier molecular flexibility index (Phi) is 5.30. The van der Waals surface area contributed by atoms with Gasteiger partial charge in [-0.15, -0.1) is 0 Å². The van der Waals surface area contributed by atoms with Crippen LogP contribution in [0.15, 0.2) is 47.4 Å². The van der Waals surface area contributed by atoms with Crippen molar-refractivity contribution in [1.29, 1.82) is 0 Å². The number of nitrogens with one attached hydrogen (secondary N) is 1. The minimum atomic E-state index is -3.86. The summed E-state index contributed by atoms with van der Waals surface area (Å²) in [6.45, 7) is 1.75. The van der Waals surface area contributed by atoms with Crippen molar-refractivity contribution in [3.05, 3.63) is 48.0 Å². The fourth-order valence-electron chi connectivity index (χ4n) is 2.47. The number of carbonyl (C=O) groups excluding carboxylic acids is 1. The summed E-state index contributed by atoms with van der Waals surface area (Å²) < 4.78 is 34.7. The van der Waals surface area contributed by atoms with E-state index in [-0.39, 0.29) is 11.4 Å². The summed E-state index contributed by atoms with van der Waals surface area (Å²) in [4.78, 5) is 12.3. The second-order valence-corrected chi connectivity index (χ2v) is 8.29. The van der Waals surface area contributed by atoms with Crippen LogP contribution in [-0.4, -0.2) is 41.0 Å². The third kappa shape index (κ3) is 3.74. The van der Waals surface area contributed by atoms with E-state index in [2.05, 4.69) is 14.1 Å². The summed E-state index contributed by atoms with van der Waals surface area (Å²) in [5.74, 6) is -0.413. The summed E-state index contributed by atoms with van der Waals surface area (Å²) in [6.07, 6.45) is 0.909. The zero-order valence-corrected chi connectivity index (χ0v) is 16.0. The second-order valence-electron chi connectivity index (χ2n) is 5.75. The van der Waals surface area contributed by atoms with Gasteiger partial charge in [-0.25, -0.2) is 8.42 Å². The van der Waals surface area contributed by atoms with Gasteiger partial charge in [0.05, 0.1) is 18.3 Å². The van der Waals surface area contributed by atoms with E-state index in [0.29, 0.717) is 16.7 Å². The van der Waals surface area contributed by atoms with Crippen LogP contribution >= 0.6 is 11.7 Å². The lowest BCUT2D eigenvalue weighted by Crippen LogP contribution is -2.35. The minimum absolute atomic E-state index is 0.0475. The molecule has 136 valence electrons. The average Bonchev–Trinajstić information content (AvgIpc) is 3.10. The molecule has 9 heteroatoms. The standard InChI is InChI=1S/C17H18N4O3S2/c1-3-12-7-9-13(10-8-12)18-16(22)11-21(2)26(23,24)15-6-4-5-14-17(15)20-25-19-14/h4-10H,3,11H2,1-2H3,(H,18,22). The molecule has 0 bridgehead atoms. The first-order valence-corrected chi connectivity index (χ1v) is 10.1. The first-order valence-electron chi connectivity index (χ1n) is 7.98. The Bertz CT molecular complexity index is 1030. The number of rotatable bonds is 6. The number of sulfonamides is 1. The molecular formula is C17H18N4O3S2. The predicted molar refractivity (Wildman–Crippen MR) is 102 cm³/mol. The van der Waals surface area contributed by atoms with Crippen LogP contribution in [0.5, 0.6) is 0 Å². The molecule has 1 N–H and O–H groups in total. The summed E-state index contributed by atoms with van der Waals surface area (Å²) in [7, 11) is -2.49. The number of likely N-dealkylation sites (N-methyl/N-ethyl adjacent to an activating group) is 1. The van der Waals surface area contributed by atoms with Crippen molar-refractivity contribution in [1.82, 2.24) is 13.1 Å². The van der Waals surface area contributed by atoms with Crippen LogP contribution in [0, 0.1) is 0 Å². The molecule has 0 saturated carbocycles. The van der Waals surface area contributed by atoms with Crippen LogP contribution in [0.4, 0.5) is 5.69 Å². The lowest BCUT2D eigenvalue weighted by atomic mass is 10.1. The highest BCUT2D eigenvalue weighted by atomic mass is 32.2. The Hall–Kier alpha value is -2.36. The Morgan fingerprint density at radius 1 is 1.15 bits per heavy atom. The molecule has 26 heavy (non-hydrogen) atoms. The van der Waals surface area contributed by atoms with Gasteiger partial charge in [0.15, 0.2) is 0 Å². The van der Waals surface area contributed by atoms with Crippen molar-refractivity contribution in [2.75, 3.05) is 18.9 Å². The number of aryl methyl sites for hydroxylation is 1. The van der Waals surface area contributed by atoms with Gasteiger partial charge in [-0.1, -0.05) is 25.1 Å². The molecule has 7 nitrogen and oxygen atoms in total. The summed E-state index contributed by atoms with van der Waals surface area (Å²) >= 11 is 0.951. The normalized spacial score (nSPS) is 11.8. The summed E-state index contributed by atoms with van der Waals surface area (Å²) in [5.41, 5.74) is 2.63. The van der Waals surface area contributed by atoms with Gasteiger partial charge in [0.2, 0.25) is 15.9 Å². The summed E-state index contributed by atoms with van der Waals surface area (Å²) in [5, 5.41) is 2.71. The maximum atomic E-state index is 12.8. The van der Waals surface area contributed by atoms with Crippen molar-refractivity contribution in [3.63, 3.8) is 0 Å². The zero-order chi connectivity index (χ0) is 18.7. The van der Waals surface area contributed by atoms with Crippen LogP contribution in [0.1, 0.15) is 12.5 Å². The van der Waals surface area contributed by atoms with Crippen LogP contribution in [-0.2, 0) is 21.2 Å². The van der Waals surface area contributed by atoms with Gasteiger partial charge in [0, 0.05) is 12.7 Å². The minimum Gasteiger partial charge on any atom is -0.325 e. The number of aromatic nitrogens is 2. The van der Waals surface area contributed by atoms with Crippen molar-refractivity contribution in [2.45, 2.75) is 18.2 Å². The van der Waals surface area contributed by atoms with Crippen LogP contribution < -0.4 is 5.32 Å². The molecule has 1 aromatic heterocycles. The van der Waals surface area contributed by atoms with Gasteiger partial charge in [-0.05, 0) is 36.2 Å². The molecule has 2 aromatic carbocycles. The quantitative estimate of drug-likeness (QED) is 0.698. The first-order chi connectivity index (χ1) is 12.4. The number of benzene rings is 2. The predicted octanol–water partition coefficient (Wildman–Crippen LogP) is 2.51. The molecule has 0 radical (unpaired) electrons. The molecule has 0 saturated heterocycles. The second kappa shape index (κ2) is 7.48. The molecule has 1 heterocycles. The van der Waals surface area contributed by atoms with Gasteiger partial charge < -0.3 is 5.32 Å². The monoisotopic (exact) mass is 390 g/mol. The van der Waals surface area contributed by atoms with E-state index in [4.69, 9.17) is 0 Å². The molecule has 0 aliphatic heterocycles. The van der Waals surface area contributed by atoms with E-state index in [9.17, 15) is 13.2 Å². The molecule has 0 spiro atoms. The van der Waals surface area contributed by atoms with E-state index in [1.54, 1.807) is 24.3 Å². The Labute approximate surface area is 156 Å². The van der Waals surface area contributed by atoms with Crippen molar-refractivity contribution in [3.8, 4) is 0 Å². The lowest BCUT2D eigenvalue weighted by molar-refractivity contribution is -0.116. The number of hydrogen-bond acceptors (Lipinski definition) is 6. The highest BCUT2D eigenvalue weighted by Crippen LogP contribution is 2.23. The Morgan fingerprint density at radius 3 is 2.58 bits per heavy atom. The maximum absolute atomic E-state index is 12.8. The Balaban J connectivity index is 1.74. The smallest absolute Gasteiger partial charge is 0.245 e. The Morgan fingerprint density at radius 2 is 1.88 bits per heavy atom. The maximum Gasteiger partial charge on any atom is 0.245 e. The number of carbonyl (C=O) groups is 1. The number of amides is 1. The van der Waals surface area contributed by atoms with Gasteiger partial charge in [0.1, 0.15) is 15.9 Å². The number of nitrogens with zero attached hydrogens (tertiary/aromatic N) is 3. The average molecular weight is 390 g/mol. The van der Waals surface area contributed by atoms with Gasteiger partial charge in [-0.3, -0.25) is 4.79 Å². The van der Waals surface area contributed by atoms with Crippen molar-refractivity contribution < 1.29 is 13.2 Å². The van der Waals surface area contributed by atoms with Crippen molar-refractivity contribution in [2.24, 2.45) is 0 Å². The van der Waals surface area contributed by atoms with Gasteiger partial charge in [0.25, 0.3) is 0 Å². The molecule has 1 amide bonds. The third-order valence-electron chi connectivity index (χ3n) is 3.95. The molecule has 0 aliphatic carbocycles. The van der Waals surface area contributed by atoms with Crippen LogP contribution in [0.3, 0.4) is 0 Å². The molecule has 0 aliphatic rings. The van der Waals surface area contributed by atoms with Crippen molar-refractivity contribution >= 4 is 44.4 Å². The number of anilines is 1. The molecule has 3 aromatic rings. The largest absolute Gasteiger partial charge is 0.325 e. The lowest BCUT2D eigenvalue weighted by Gasteiger charge is -2.17. The summed E-state index contributed by atoms with van der Waals surface area (Å²) in [6, 6.07) is 12.2. The van der Waals surface area contributed by atoms with E-state index in [1.165, 1.54) is 13.1 Å². The fraction of sp³-hybridized carbons (Fsp3) is 0.235. The van der Waals surface area contributed by atoms with Gasteiger partial charge >= 0.3 is 0 Å². The highest BCUT2D eigenvalue weighted by molar-refractivity contribution is 7.89. The number of fused-ring (bicyclic) bond motifs is 1. The molecule has 3 rings (SSSR count). The molecule has 0 unspecified atom stereocenters. The number of hydrogen-bond donors (Lipinski definition) is 1. The molecule has 0 fully saturated rings. The zero-order valence-electron chi connectivity index (χ0n) is 14.3. The first kappa shape index (κ1) is 18.4. The van der Waals surface area contributed by atoms with E-state index in [1.807, 2.05) is 19.1 Å². The van der Waals surface area contributed by atoms with E-state index in [0.717, 1.165) is 28.0 Å². The molecular weight excluding hydrogens is 372 g/mol. The third-order valence-corrected chi connectivity index (χ3v) is 6.33. The van der Waals surface area contributed by atoms with Crippen LogP contribution in [0.2, 0.25) is 0 Å². The SMILES string of the molecule is CCc1ccc(NC(=O)CN(C)S(=O)(=O)c2cccc3nsnc23)cc1. The fourth-order valence-corrected chi connectivity index (χ4v) is 4.34. The van der Waals surface area contributed by atoms with Crippen LogP contribution in [0.25, 0.3) is 11.0 Å². The topological polar surface area (TPSA) is 92.3 Å². The van der Waals surface area contributed by atoms with E-state index >= 15 is 0 Å². The molecule has 0 atom stereocenters.